The Labute approximate surface area is 94.9 Å². The predicted octanol–water partition coefficient (Wildman–Crippen LogP) is 2.47. The van der Waals surface area contributed by atoms with E-state index in [9.17, 15) is 5.11 Å². The van der Waals surface area contributed by atoms with E-state index in [0.717, 1.165) is 12.8 Å². The second-order valence-corrected chi connectivity index (χ2v) is 5.06. The van der Waals surface area contributed by atoms with Gasteiger partial charge in [-0.2, -0.15) is 11.3 Å². The van der Waals surface area contributed by atoms with Gasteiger partial charge in [-0.05, 0) is 54.0 Å². The molecule has 0 saturated heterocycles. The highest BCUT2D eigenvalue weighted by Crippen LogP contribution is 2.36. The summed E-state index contributed by atoms with van der Waals surface area (Å²) in [6, 6.07) is 2.12. The van der Waals surface area contributed by atoms with Gasteiger partial charge in [0.15, 0.2) is 0 Å². The lowest BCUT2D eigenvalue weighted by atomic mass is 10.0. The molecule has 1 aromatic rings. The summed E-state index contributed by atoms with van der Waals surface area (Å²) in [5.74, 6) is 0.604. The van der Waals surface area contributed by atoms with Gasteiger partial charge in [-0.3, -0.25) is 0 Å². The Balaban J connectivity index is 1.77. The average molecular weight is 226 g/mol. The maximum absolute atomic E-state index is 10.00. The maximum Gasteiger partial charge on any atom is 0.0858 e. The molecule has 84 valence electrons. The summed E-state index contributed by atoms with van der Waals surface area (Å²) in [4.78, 5) is 0. The molecule has 0 spiro atoms. The monoisotopic (exact) mass is 226 g/mol. The topological polar surface area (TPSA) is 29.5 Å². The molecule has 1 saturated carbocycles. The lowest BCUT2D eigenvalue weighted by molar-refractivity contribution is -0.0276. The highest BCUT2D eigenvalue weighted by Gasteiger charge is 2.35. The van der Waals surface area contributed by atoms with Crippen molar-refractivity contribution in [1.29, 1.82) is 0 Å². The van der Waals surface area contributed by atoms with E-state index in [0.29, 0.717) is 5.92 Å². The van der Waals surface area contributed by atoms with Crippen molar-refractivity contribution in [1.82, 2.24) is 0 Å². The first-order chi connectivity index (χ1) is 7.31. The molecule has 1 aromatic heterocycles. The van der Waals surface area contributed by atoms with Crippen LogP contribution >= 0.6 is 11.3 Å². The molecule has 0 radical (unpaired) electrons. The summed E-state index contributed by atoms with van der Waals surface area (Å²) in [5, 5.41) is 14.2. The van der Waals surface area contributed by atoms with Crippen LogP contribution in [0.1, 0.15) is 24.8 Å². The van der Waals surface area contributed by atoms with E-state index < -0.39 is 0 Å². The molecule has 1 aliphatic rings. The van der Waals surface area contributed by atoms with Crippen LogP contribution in [0.2, 0.25) is 0 Å². The van der Waals surface area contributed by atoms with Crippen molar-refractivity contribution in [2.45, 2.75) is 37.9 Å². The van der Waals surface area contributed by atoms with Gasteiger partial charge in [-0.1, -0.05) is 0 Å². The smallest absolute Gasteiger partial charge is 0.0858 e. The summed E-state index contributed by atoms with van der Waals surface area (Å²) < 4.78 is 5.36. The van der Waals surface area contributed by atoms with Crippen molar-refractivity contribution >= 4 is 11.3 Å². The van der Waals surface area contributed by atoms with Gasteiger partial charge in [0.05, 0.1) is 12.2 Å². The van der Waals surface area contributed by atoms with Gasteiger partial charge in [0.25, 0.3) is 0 Å². The fourth-order valence-corrected chi connectivity index (χ4v) is 2.71. The highest BCUT2D eigenvalue weighted by molar-refractivity contribution is 7.07. The third kappa shape index (κ3) is 3.03. The number of aliphatic hydroxyl groups excluding tert-OH is 1. The largest absolute Gasteiger partial charge is 0.390 e. The fraction of sp³-hybridized carbons (Fsp3) is 0.667. The minimum Gasteiger partial charge on any atom is -0.390 e. The molecule has 0 aromatic carbocycles. The van der Waals surface area contributed by atoms with Gasteiger partial charge < -0.3 is 9.84 Å². The van der Waals surface area contributed by atoms with Crippen LogP contribution in [0.15, 0.2) is 16.8 Å². The van der Waals surface area contributed by atoms with Crippen LogP contribution in [0, 0.1) is 5.92 Å². The van der Waals surface area contributed by atoms with Gasteiger partial charge in [0, 0.05) is 7.11 Å². The van der Waals surface area contributed by atoms with Crippen LogP contribution in [-0.4, -0.2) is 24.4 Å². The number of aryl methyl sites for hydroxylation is 1. The number of methoxy groups -OCH3 is 1. The Kier molecular flexibility index (Phi) is 3.78. The second kappa shape index (κ2) is 5.10. The number of thiophene rings is 1. The molecule has 0 amide bonds. The fourth-order valence-electron chi connectivity index (χ4n) is 2.00. The van der Waals surface area contributed by atoms with E-state index in [1.54, 1.807) is 18.4 Å². The van der Waals surface area contributed by atoms with Gasteiger partial charge >= 0.3 is 0 Å². The van der Waals surface area contributed by atoms with Gasteiger partial charge in [0.2, 0.25) is 0 Å². The van der Waals surface area contributed by atoms with E-state index in [2.05, 4.69) is 16.8 Å². The summed E-state index contributed by atoms with van der Waals surface area (Å²) in [7, 11) is 1.71. The molecule has 3 heteroatoms. The molecule has 15 heavy (non-hydrogen) atoms. The molecule has 0 bridgehead atoms. The molecule has 1 N–H and O–H groups in total. The number of hydrogen-bond acceptors (Lipinski definition) is 3. The lowest BCUT2D eigenvalue weighted by Crippen LogP contribution is -2.30. The standard InChI is InChI=1S/C12H18O2S/c1-14-12(10-3-4-10)11(13)5-2-9-6-7-15-8-9/h6-8,10-13H,2-5H2,1H3. The summed E-state index contributed by atoms with van der Waals surface area (Å²) in [6.45, 7) is 0. The first kappa shape index (κ1) is 11.1. The van der Waals surface area contributed by atoms with Crippen LogP contribution in [0.5, 0.6) is 0 Å². The zero-order valence-electron chi connectivity index (χ0n) is 9.06. The Morgan fingerprint density at radius 3 is 2.93 bits per heavy atom. The maximum atomic E-state index is 10.00. The predicted molar refractivity (Wildman–Crippen MR) is 62.2 cm³/mol. The van der Waals surface area contributed by atoms with E-state index in [1.165, 1.54) is 18.4 Å². The molecular weight excluding hydrogens is 208 g/mol. The van der Waals surface area contributed by atoms with Crippen molar-refractivity contribution in [2.75, 3.05) is 7.11 Å². The van der Waals surface area contributed by atoms with Gasteiger partial charge in [0.1, 0.15) is 0 Å². The molecule has 1 heterocycles. The number of ether oxygens (including phenoxy) is 1. The van der Waals surface area contributed by atoms with Crippen LogP contribution < -0.4 is 0 Å². The van der Waals surface area contributed by atoms with Crippen molar-refractivity contribution < 1.29 is 9.84 Å². The van der Waals surface area contributed by atoms with Crippen LogP contribution in [0.25, 0.3) is 0 Å². The number of rotatable bonds is 6. The average Bonchev–Trinajstić information content (AvgIpc) is 2.93. The molecule has 2 rings (SSSR count). The highest BCUT2D eigenvalue weighted by atomic mass is 32.1. The molecule has 1 aliphatic carbocycles. The normalized spacial score (nSPS) is 20.1. The van der Waals surface area contributed by atoms with Gasteiger partial charge in [-0.25, -0.2) is 0 Å². The van der Waals surface area contributed by atoms with E-state index >= 15 is 0 Å². The third-order valence-electron chi connectivity index (χ3n) is 3.05. The number of aliphatic hydroxyl groups is 1. The zero-order valence-corrected chi connectivity index (χ0v) is 9.87. The zero-order chi connectivity index (χ0) is 10.7. The first-order valence-electron chi connectivity index (χ1n) is 5.53. The van der Waals surface area contributed by atoms with Crippen molar-refractivity contribution in [2.24, 2.45) is 5.92 Å². The van der Waals surface area contributed by atoms with Crippen molar-refractivity contribution in [3.63, 3.8) is 0 Å². The Bertz CT molecular complexity index is 280. The first-order valence-corrected chi connectivity index (χ1v) is 6.47. The van der Waals surface area contributed by atoms with Gasteiger partial charge in [-0.15, -0.1) is 0 Å². The molecular formula is C12H18O2S. The Hall–Kier alpha value is -0.380. The third-order valence-corrected chi connectivity index (χ3v) is 3.78. The minimum absolute atomic E-state index is 0.0589. The van der Waals surface area contributed by atoms with Crippen LogP contribution in [0.4, 0.5) is 0 Å². The molecule has 2 unspecified atom stereocenters. The lowest BCUT2D eigenvalue weighted by Gasteiger charge is -2.20. The summed E-state index contributed by atoms with van der Waals surface area (Å²) >= 11 is 1.71. The van der Waals surface area contributed by atoms with E-state index in [-0.39, 0.29) is 12.2 Å². The van der Waals surface area contributed by atoms with Crippen LogP contribution in [-0.2, 0) is 11.2 Å². The number of hydrogen-bond donors (Lipinski definition) is 1. The molecule has 2 nitrogen and oxygen atoms in total. The summed E-state index contributed by atoms with van der Waals surface area (Å²) in [5.41, 5.74) is 1.32. The minimum atomic E-state index is -0.303. The quantitative estimate of drug-likeness (QED) is 0.807. The molecule has 2 atom stereocenters. The summed E-state index contributed by atoms with van der Waals surface area (Å²) in [6.07, 6.45) is 3.96. The second-order valence-electron chi connectivity index (χ2n) is 4.28. The van der Waals surface area contributed by atoms with E-state index in [4.69, 9.17) is 4.74 Å². The van der Waals surface area contributed by atoms with Crippen LogP contribution in [0.3, 0.4) is 0 Å². The van der Waals surface area contributed by atoms with Crippen molar-refractivity contribution in [3.8, 4) is 0 Å². The van der Waals surface area contributed by atoms with E-state index in [1.807, 2.05) is 0 Å². The molecule has 1 fully saturated rings. The van der Waals surface area contributed by atoms with Crippen molar-refractivity contribution in [3.05, 3.63) is 22.4 Å². The SMILES string of the molecule is COC(C(O)CCc1ccsc1)C1CC1. The Morgan fingerprint density at radius 2 is 2.40 bits per heavy atom. The molecule has 0 aliphatic heterocycles. The Morgan fingerprint density at radius 1 is 1.60 bits per heavy atom.